The second-order valence-electron chi connectivity index (χ2n) is 5.18. The lowest BCUT2D eigenvalue weighted by Gasteiger charge is -2.31. The smallest absolute Gasteiger partial charge is 0.236 e. The molecule has 5 nitrogen and oxygen atoms in total. The van der Waals surface area contributed by atoms with Crippen molar-refractivity contribution in [1.82, 2.24) is 10.2 Å². The minimum Gasteiger partial charge on any atom is -0.342 e. The van der Waals surface area contributed by atoms with Crippen molar-refractivity contribution in [3.63, 3.8) is 0 Å². The van der Waals surface area contributed by atoms with Gasteiger partial charge in [-0.05, 0) is 44.2 Å². The zero-order chi connectivity index (χ0) is 15.2. The summed E-state index contributed by atoms with van der Waals surface area (Å²) in [5.41, 5.74) is 0.593. The normalized spacial score (nSPS) is 15.8. The molecule has 1 saturated heterocycles. The Kier molecular flexibility index (Phi) is 5.27. The van der Waals surface area contributed by atoms with Gasteiger partial charge in [0.2, 0.25) is 11.8 Å². The molecule has 1 fully saturated rings. The van der Waals surface area contributed by atoms with Gasteiger partial charge in [-0.25, -0.2) is 4.39 Å². The van der Waals surface area contributed by atoms with E-state index in [0.717, 1.165) is 0 Å². The Morgan fingerprint density at radius 3 is 2.43 bits per heavy atom. The number of nitrogens with one attached hydrogen (secondary N) is 2. The van der Waals surface area contributed by atoms with Crippen molar-refractivity contribution in [3.05, 3.63) is 30.1 Å². The van der Waals surface area contributed by atoms with E-state index < -0.39 is 0 Å². The SMILES string of the molecule is CNCC(=O)N1CCC(C(=O)Nc2ccc(F)cc2)CC1. The molecule has 0 spiro atoms. The van der Waals surface area contributed by atoms with Crippen LogP contribution in [0.1, 0.15) is 12.8 Å². The van der Waals surface area contributed by atoms with Crippen molar-refractivity contribution in [2.45, 2.75) is 12.8 Å². The van der Waals surface area contributed by atoms with Crippen LogP contribution in [0, 0.1) is 11.7 Å². The summed E-state index contributed by atoms with van der Waals surface area (Å²) < 4.78 is 12.8. The fraction of sp³-hybridized carbons (Fsp3) is 0.467. The van der Waals surface area contributed by atoms with Crippen molar-refractivity contribution in [1.29, 1.82) is 0 Å². The lowest BCUT2D eigenvalue weighted by Crippen LogP contribution is -2.44. The number of hydrogen-bond acceptors (Lipinski definition) is 3. The number of benzene rings is 1. The van der Waals surface area contributed by atoms with Crippen molar-refractivity contribution >= 4 is 17.5 Å². The van der Waals surface area contributed by atoms with E-state index in [1.807, 2.05) is 0 Å². The van der Waals surface area contributed by atoms with Crippen LogP contribution in [0.5, 0.6) is 0 Å². The monoisotopic (exact) mass is 293 g/mol. The van der Waals surface area contributed by atoms with E-state index in [1.165, 1.54) is 12.1 Å². The highest BCUT2D eigenvalue weighted by Crippen LogP contribution is 2.19. The number of carbonyl (C=O) groups is 2. The van der Waals surface area contributed by atoms with Crippen molar-refractivity contribution in [2.75, 3.05) is 32.0 Å². The molecule has 1 heterocycles. The Balaban J connectivity index is 1.83. The molecule has 1 aliphatic heterocycles. The molecule has 1 aromatic rings. The summed E-state index contributed by atoms with van der Waals surface area (Å²) in [6, 6.07) is 5.71. The van der Waals surface area contributed by atoms with Gasteiger partial charge in [0.05, 0.1) is 6.54 Å². The predicted molar refractivity (Wildman–Crippen MR) is 78.3 cm³/mol. The zero-order valence-corrected chi connectivity index (χ0v) is 12.1. The number of rotatable bonds is 4. The van der Waals surface area contributed by atoms with Gasteiger partial charge in [-0.3, -0.25) is 9.59 Å². The van der Waals surface area contributed by atoms with Crippen LogP contribution >= 0.6 is 0 Å². The van der Waals surface area contributed by atoms with Crippen LogP contribution < -0.4 is 10.6 Å². The lowest BCUT2D eigenvalue weighted by atomic mass is 9.95. The number of likely N-dealkylation sites (tertiary alicyclic amines) is 1. The van der Waals surface area contributed by atoms with Gasteiger partial charge in [0.15, 0.2) is 0 Å². The third-order valence-electron chi connectivity index (χ3n) is 3.66. The Bertz CT molecular complexity index is 496. The van der Waals surface area contributed by atoms with E-state index in [0.29, 0.717) is 38.2 Å². The van der Waals surface area contributed by atoms with Crippen LogP contribution in [0.25, 0.3) is 0 Å². The maximum absolute atomic E-state index is 12.8. The Labute approximate surface area is 123 Å². The summed E-state index contributed by atoms with van der Waals surface area (Å²) >= 11 is 0. The molecular formula is C15H20FN3O2. The zero-order valence-electron chi connectivity index (χ0n) is 12.1. The fourth-order valence-electron chi connectivity index (χ4n) is 2.43. The second kappa shape index (κ2) is 7.17. The summed E-state index contributed by atoms with van der Waals surface area (Å²) in [5, 5.41) is 5.62. The van der Waals surface area contributed by atoms with Crippen LogP contribution in [-0.2, 0) is 9.59 Å². The quantitative estimate of drug-likeness (QED) is 0.877. The van der Waals surface area contributed by atoms with Crippen LogP contribution in [0.3, 0.4) is 0 Å². The van der Waals surface area contributed by atoms with E-state index in [9.17, 15) is 14.0 Å². The predicted octanol–water partition coefficient (Wildman–Crippen LogP) is 1.22. The van der Waals surface area contributed by atoms with Crippen molar-refractivity contribution < 1.29 is 14.0 Å². The molecule has 0 aliphatic carbocycles. The molecule has 0 aromatic heterocycles. The van der Waals surface area contributed by atoms with Gasteiger partial charge in [0.1, 0.15) is 5.82 Å². The van der Waals surface area contributed by atoms with Crippen molar-refractivity contribution in [3.8, 4) is 0 Å². The number of carbonyl (C=O) groups excluding carboxylic acids is 2. The molecule has 114 valence electrons. The number of likely N-dealkylation sites (N-methyl/N-ethyl adjacent to an activating group) is 1. The van der Waals surface area contributed by atoms with Gasteiger partial charge in [-0.15, -0.1) is 0 Å². The average Bonchev–Trinajstić information content (AvgIpc) is 2.50. The summed E-state index contributed by atoms with van der Waals surface area (Å²) in [6.07, 6.45) is 1.31. The molecule has 0 saturated carbocycles. The molecule has 0 bridgehead atoms. The number of hydrogen-bond donors (Lipinski definition) is 2. The van der Waals surface area contributed by atoms with Crippen LogP contribution in [0.15, 0.2) is 24.3 Å². The minimum absolute atomic E-state index is 0.0647. The highest BCUT2D eigenvalue weighted by atomic mass is 19.1. The molecule has 6 heteroatoms. The molecule has 0 radical (unpaired) electrons. The van der Waals surface area contributed by atoms with E-state index in [4.69, 9.17) is 0 Å². The van der Waals surface area contributed by atoms with Crippen LogP contribution in [0.4, 0.5) is 10.1 Å². The molecule has 2 amide bonds. The van der Waals surface area contributed by atoms with Gasteiger partial charge in [-0.1, -0.05) is 0 Å². The first-order valence-electron chi connectivity index (χ1n) is 7.09. The van der Waals surface area contributed by atoms with E-state index in [2.05, 4.69) is 10.6 Å². The first-order chi connectivity index (χ1) is 10.1. The molecule has 21 heavy (non-hydrogen) atoms. The highest BCUT2D eigenvalue weighted by Gasteiger charge is 2.26. The fourth-order valence-corrected chi connectivity index (χ4v) is 2.43. The number of halogens is 1. The standard InChI is InChI=1S/C15H20FN3O2/c1-17-10-14(20)19-8-6-11(7-9-19)15(21)18-13-4-2-12(16)3-5-13/h2-5,11,17H,6-10H2,1H3,(H,18,21). The van der Waals surface area contributed by atoms with E-state index in [-0.39, 0.29) is 23.5 Å². The molecule has 2 N–H and O–H groups in total. The van der Waals surface area contributed by atoms with Gasteiger partial charge >= 0.3 is 0 Å². The largest absolute Gasteiger partial charge is 0.342 e. The van der Waals surface area contributed by atoms with Crippen molar-refractivity contribution in [2.24, 2.45) is 5.92 Å². The first kappa shape index (κ1) is 15.4. The third kappa shape index (κ3) is 4.26. The first-order valence-corrected chi connectivity index (χ1v) is 7.09. The maximum atomic E-state index is 12.8. The molecule has 1 aliphatic rings. The number of anilines is 1. The molecule has 1 aromatic carbocycles. The van der Waals surface area contributed by atoms with E-state index in [1.54, 1.807) is 24.1 Å². The van der Waals surface area contributed by atoms with Gasteiger partial charge in [0, 0.05) is 24.7 Å². The molecule has 0 atom stereocenters. The highest BCUT2D eigenvalue weighted by molar-refractivity contribution is 5.92. The summed E-state index contributed by atoms with van der Waals surface area (Å²) in [6.45, 7) is 1.52. The second-order valence-corrected chi connectivity index (χ2v) is 5.18. The summed E-state index contributed by atoms with van der Waals surface area (Å²) in [5.74, 6) is -0.435. The maximum Gasteiger partial charge on any atom is 0.236 e. The Morgan fingerprint density at radius 1 is 1.24 bits per heavy atom. The van der Waals surface area contributed by atoms with Crippen LogP contribution in [0.2, 0.25) is 0 Å². The summed E-state index contributed by atoms with van der Waals surface area (Å²) in [4.78, 5) is 25.6. The lowest BCUT2D eigenvalue weighted by molar-refractivity contribution is -0.133. The van der Waals surface area contributed by atoms with E-state index >= 15 is 0 Å². The number of piperidine rings is 1. The van der Waals surface area contributed by atoms with Gasteiger partial charge in [-0.2, -0.15) is 0 Å². The summed E-state index contributed by atoms with van der Waals surface area (Å²) in [7, 11) is 1.74. The van der Waals surface area contributed by atoms with Crippen LogP contribution in [-0.4, -0.2) is 43.4 Å². The molecule has 0 unspecified atom stereocenters. The topological polar surface area (TPSA) is 61.4 Å². The Morgan fingerprint density at radius 2 is 1.86 bits per heavy atom. The number of nitrogens with zero attached hydrogens (tertiary/aromatic N) is 1. The van der Waals surface area contributed by atoms with Gasteiger partial charge < -0.3 is 15.5 Å². The van der Waals surface area contributed by atoms with Gasteiger partial charge in [0.25, 0.3) is 0 Å². The molecular weight excluding hydrogens is 273 g/mol. The average molecular weight is 293 g/mol. The Hall–Kier alpha value is -1.95. The third-order valence-corrected chi connectivity index (χ3v) is 3.66. The number of amides is 2. The minimum atomic E-state index is -0.329. The molecule has 2 rings (SSSR count).